The van der Waals surface area contributed by atoms with E-state index < -0.39 is 0 Å². The zero-order valence-corrected chi connectivity index (χ0v) is 15.6. The van der Waals surface area contributed by atoms with E-state index in [4.69, 9.17) is 9.47 Å². The molecule has 140 valence electrons. The minimum Gasteiger partial charge on any atom is -0.381 e. The topological polar surface area (TPSA) is 50.8 Å². The number of ether oxygens (including phenoxy) is 2. The molecular weight excluding hydrogens is 316 g/mol. The number of amides is 1. The lowest BCUT2D eigenvalue weighted by molar-refractivity contribution is -0.128. The third-order valence-electron chi connectivity index (χ3n) is 6.72. The van der Waals surface area contributed by atoms with Crippen LogP contribution in [0.25, 0.3) is 0 Å². The van der Waals surface area contributed by atoms with E-state index in [0.29, 0.717) is 17.9 Å². The molecule has 1 N–H and O–H groups in total. The molecule has 0 aromatic carbocycles. The SMILES string of the molecule is CC(C)=CCN1C[C@@H]2[C@H](CNC(=O)C3CCOCC3)[C@H]3CC[C@]2(C1)O3. The van der Waals surface area contributed by atoms with Gasteiger partial charge in [-0.2, -0.15) is 0 Å². The van der Waals surface area contributed by atoms with Crippen molar-refractivity contribution in [3.8, 4) is 0 Å². The van der Waals surface area contributed by atoms with Crippen molar-refractivity contribution in [3.05, 3.63) is 11.6 Å². The Morgan fingerprint density at radius 3 is 2.84 bits per heavy atom. The number of hydrogen-bond acceptors (Lipinski definition) is 4. The Hall–Kier alpha value is -0.910. The molecule has 4 aliphatic rings. The van der Waals surface area contributed by atoms with Crippen LogP contribution in [0, 0.1) is 17.8 Å². The molecule has 25 heavy (non-hydrogen) atoms. The van der Waals surface area contributed by atoms with E-state index in [1.54, 1.807) is 0 Å². The van der Waals surface area contributed by atoms with E-state index in [1.165, 1.54) is 12.0 Å². The van der Waals surface area contributed by atoms with Crippen LogP contribution in [0.5, 0.6) is 0 Å². The molecule has 4 atom stereocenters. The predicted molar refractivity (Wildman–Crippen MR) is 96.2 cm³/mol. The predicted octanol–water partition coefficient (Wildman–Crippen LogP) is 1.97. The summed E-state index contributed by atoms with van der Waals surface area (Å²) in [6.45, 7) is 9.73. The van der Waals surface area contributed by atoms with Crippen LogP contribution in [0.3, 0.4) is 0 Å². The van der Waals surface area contributed by atoms with E-state index in [-0.39, 0.29) is 17.4 Å². The van der Waals surface area contributed by atoms with Gasteiger partial charge in [0.2, 0.25) is 5.91 Å². The molecule has 0 aromatic heterocycles. The molecule has 0 unspecified atom stereocenters. The molecule has 4 fully saturated rings. The number of fused-ring (bicyclic) bond motifs is 1. The van der Waals surface area contributed by atoms with Gasteiger partial charge in [0, 0.05) is 57.1 Å². The van der Waals surface area contributed by atoms with Gasteiger partial charge in [-0.1, -0.05) is 11.6 Å². The Kier molecular flexibility index (Phi) is 4.91. The fraction of sp³-hybridized carbons (Fsp3) is 0.850. The second-order valence-electron chi connectivity index (χ2n) is 8.64. The first-order chi connectivity index (χ1) is 12.1. The van der Waals surface area contributed by atoms with Crippen LogP contribution in [0.1, 0.15) is 39.5 Å². The molecule has 1 amide bonds. The van der Waals surface area contributed by atoms with E-state index in [2.05, 4.69) is 30.1 Å². The Labute approximate surface area is 151 Å². The van der Waals surface area contributed by atoms with Crippen molar-refractivity contribution in [2.24, 2.45) is 17.8 Å². The molecule has 4 saturated heterocycles. The summed E-state index contributed by atoms with van der Waals surface area (Å²) in [6, 6.07) is 0. The average Bonchev–Trinajstić information content (AvgIpc) is 3.26. The molecule has 0 saturated carbocycles. The van der Waals surface area contributed by atoms with Crippen LogP contribution >= 0.6 is 0 Å². The molecule has 4 rings (SSSR count). The zero-order chi connectivity index (χ0) is 17.4. The Balaban J connectivity index is 1.35. The zero-order valence-electron chi connectivity index (χ0n) is 15.6. The number of carbonyl (C=O) groups excluding carboxylic acids is 1. The second kappa shape index (κ2) is 7.01. The number of nitrogens with zero attached hydrogens (tertiary/aromatic N) is 1. The second-order valence-corrected chi connectivity index (χ2v) is 8.64. The molecule has 1 spiro atoms. The van der Waals surface area contributed by atoms with E-state index in [9.17, 15) is 4.79 Å². The molecule has 0 aliphatic carbocycles. The maximum atomic E-state index is 12.5. The molecule has 0 aromatic rings. The first kappa shape index (κ1) is 17.5. The smallest absolute Gasteiger partial charge is 0.223 e. The minimum atomic E-state index is 0.0637. The lowest BCUT2D eigenvalue weighted by Gasteiger charge is -2.30. The van der Waals surface area contributed by atoms with E-state index in [0.717, 1.165) is 58.7 Å². The van der Waals surface area contributed by atoms with Crippen LogP contribution in [-0.2, 0) is 14.3 Å². The van der Waals surface area contributed by atoms with Crippen molar-refractivity contribution < 1.29 is 14.3 Å². The summed E-state index contributed by atoms with van der Waals surface area (Å²) in [5, 5.41) is 3.25. The van der Waals surface area contributed by atoms with Crippen LogP contribution in [0.2, 0.25) is 0 Å². The van der Waals surface area contributed by atoms with Gasteiger partial charge in [0.15, 0.2) is 0 Å². The summed E-state index contributed by atoms with van der Waals surface area (Å²) in [5.74, 6) is 1.42. The quantitative estimate of drug-likeness (QED) is 0.772. The lowest BCUT2D eigenvalue weighted by Crippen LogP contribution is -2.43. The summed E-state index contributed by atoms with van der Waals surface area (Å²) in [6.07, 6.45) is 6.74. The van der Waals surface area contributed by atoms with Gasteiger partial charge in [0.25, 0.3) is 0 Å². The van der Waals surface area contributed by atoms with Crippen molar-refractivity contribution in [3.63, 3.8) is 0 Å². The van der Waals surface area contributed by atoms with Crippen molar-refractivity contribution in [2.45, 2.75) is 51.2 Å². The molecule has 4 aliphatic heterocycles. The fourth-order valence-corrected chi connectivity index (χ4v) is 5.33. The van der Waals surface area contributed by atoms with Gasteiger partial charge in [-0.3, -0.25) is 9.69 Å². The van der Waals surface area contributed by atoms with E-state index >= 15 is 0 Å². The maximum Gasteiger partial charge on any atom is 0.223 e. The van der Waals surface area contributed by atoms with E-state index in [1.807, 2.05) is 0 Å². The largest absolute Gasteiger partial charge is 0.381 e. The molecule has 5 nitrogen and oxygen atoms in total. The summed E-state index contributed by atoms with van der Waals surface area (Å²) >= 11 is 0. The normalized spacial score (nSPS) is 37.9. The molecule has 2 bridgehead atoms. The monoisotopic (exact) mass is 348 g/mol. The van der Waals surface area contributed by atoms with Crippen molar-refractivity contribution in [2.75, 3.05) is 39.4 Å². The highest BCUT2D eigenvalue weighted by Crippen LogP contribution is 2.54. The molecule has 5 heteroatoms. The van der Waals surface area contributed by atoms with Crippen LogP contribution < -0.4 is 5.32 Å². The standard InChI is InChI=1S/C20H32N2O3/c1-14(2)4-8-22-12-17-16(18-3-7-20(17,13-22)25-18)11-21-19(23)15-5-9-24-10-6-15/h4,15-18H,3,5-13H2,1-2H3,(H,21,23)/t16-,17+,18+,20+/m0/s1. The van der Waals surface area contributed by atoms with Crippen LogP contribution in [-0.4, -0.2) is 61.9 Å². The maximum absolute atomic E-state index is 12.5. The highest BCUT2D eigenvalue weighted by atomic mass is 16.5. The molecule has 4 heterocycles. The number of rotatable bonds is 5. The number of nitrogens with one attached hydrogen (secondary N) is 1. The fourth-order valence-electron chi connectivity index (χ4n) is 5.33. The summed E-state index contributed by atoms with van der Waals surface area (Å²) in [5.41, 5.74) is 1.44. The molecular formula is C20H32N2O3. The number of carbonyl (C=O) groups is 1. The highest BCUT2D eigenvalue weighted by molar-refractivity contribution is 5.78. The van der Waals surface area contributed by atoms with Gasteiger partial charge in [-0.25, -0.2) is 0 Å². The first-order valence-corrected chi connectivity index (χ1v) is 9.96. The number of hydrogen-bond donors (Lipinski definition) is 1. The molecule has 0 radical (unpaired) electrons. The Morgan fingerprint density at radius 1 is 1.28 bits per heavy atom. The van der Waals surface area contributed by atoms with Gasteiger partial charge in [0.05, 0.1) is 11.7 Å². The van der Waals surface area contributed by atoms with Gasteiger partial charge >= 0.3 is 0 Å². The van der Waals surface area contributed by atoms with Gasteiger partial charge in [-0.05, 0) is 39.5 Å². The average molecular weight is 348 g/mol. The van der Waals surface area contributed by atoms with Crippen molar-refractivity contribution in [1.82, 2.24) is 10.2 Å². The Morgan fingerprint density at radius 2 is 2.08 bits per heavy atom. The number of likely N-dealkylation sites (tertiary alicyclic amines) is 1. The van der Waals surface area contributed by atoms with Crippen molar-refractivity contribution >= 4 is 5.91 Å². The number of allylic oxidation sites excluding steroid dienone is 1. The lowest BCUT2D eigenvalue weighted by atomic mass is 9.73. The summed E-state index contributed by atoms with van der Waals surface area (Å²) in [7, 11) is 0. The third kappa shape index (κ3) is 3.38. The van der Waals surface area contributed by atoms with Crippen LogP contribution in [0.15, 0.2) is 11.6 Å². The third-order valence-corrected chi connectivity index (χ3v) is 6.72. The minimum absolute atomic E-state index is 0.0637. The van der Waals surface area contributed by atoms with Gasteiger partial charge in [-0.15, -0.1) is 0 Å². The summed E-state index contributed by atoms with van der Waals surface area (Å²) < 4.78 is 11.8. The van der Waals surface area contributed by atoms with Crippen LogP contribution in [0.4, 0.5) is 0 Å². The first-order valence-electron chi connectivity index (χ1n) is 9.96. The summed E-state index contributed by atoms with van der Waals surface area (Å²) in [4.78, 5) is 15.0. The van der Waals surface area contributed by atoms with Gasteiger partial charge in [0.1, 0.15) is 0 Å². The van der Waals surface area contributed by atoms with Gasteiger partial charge < -0.3 is 14.8 Å². The highest BCUT2D eigenvalue weighted by Gasteiger charge is 2.62. The Bertz CT molecular complexity index is 539. The van der Waals surface area contributed by atoms with Crippen molar-refractivity contribution in [1.29, 1.82) is 0 Å².